The fourth-order valence-electron chi connectivity index (χ4n) is 0.973. The zero-order chi connectivity index (χ0) is 9.84. The van der Waals surface area contributed by atoms with Crippen molar-refractivity contribution >= 4 is 16.5 Å². The van der Waals surface area contributed by atoms with E-state index in [1.807, 2.05) is 6.92 Å². The third-order valence-corrected chi connectivity index (χ3v) is 2.83. The summed E-state index contributed by atoms with van der Waals surface area (Å²) in [5, 5.41) is 4.24. The zero-order valence-corrected chi connectivity index (χ0v) is 9.03. The molecule has 0 radical (unpaired) electrons. The van der Waals surface area contributed by atoms with Gasteiger partial charge in [0.15, 0.2) is 5.13 Å². The number of thiazole rings is 1. The van der Waals surface area contributed by atoms with Crippen LogP contribution in [0.2, 0.25) is 0 Å². The molecule has 0 aliphatic heterocycles. The maximum absolute atomic E-state index is 5.21. The summed E-state index contributed by atoms with van der Waals surface area (Å²) in [7, 11) is 0. The van der Waals surface area contributed by atoms with E-state index in [1.165, 1.54) is 4.88 Å². The predicted molar refractivity (Wildman–Crippen MR) is 58.1 cm³/mol. The molecule has 0 amide bonds. The molecule has 0 aliphatic rings. The quantitative estimate of drug-likeness (QED) is 0.748. The number of nitrogens with zero attached hydrogens (tertiary/aromatic N) is 1. The van der Waals surface area contributed by atoms with Crippen molar-refractivity contribution in [3.05, 3.63) is 10.6 Å². The summed E-state index contributed by atoms with van der Waals surface area (Å²) in [5.74, 6) is 2.62. The summed E-state index contributed by atoms with van der Waals surface area (Å²) in [6, 6.07) is 0.301. The summed E-state index contributed by atoms with van der Waals surface area (Å²) < 4.78 is 0. The number of rotatable bonds is 3. The Bertz CT molecular complexity index is 303. The van der Waals surface area contributed by atoms with E-state index in [-0.39, 0.29) is 0 Å². The highest BCUT2D eigenvalue weighted by Crippen LogP contribution is 2.21. The van der Waals surface area contributed by atoms with Gasteiger partial charge in [-0.15, -0.1) is 23.7 Å². The van der Waals surface area contributed by atoms with Gasteiger partial charge < -0.3 is 5.32 Å². The Morgan fingerprint density at radius 3 is 2.77 bits per heavy atom. The summed E-state index contributed by atoms with van der Waals surface area (Å²) in [4.78, 5) is 5.63. The number of aromatic nitrogens is 1. The Labute approximate surface area is 83.4 Å². The molecule has 0 saturated carbocycles. The highest BCUT2D eigenvalue weighted by Gasteiger charge is 2.05. The minimum absolute atomic E-state index is 0.301. The zero-order valence-electron chi connectivity index (χ0n) is 8.22. The van der Waals surface area contributed by atoms with E-state index in [9.17, 15) is 0 Å². The van der Waals surface area contributed by atoms with Gasteiger partial charge in [-0.1, -0.05) is 0 Å². The molecule has 1 aromatic heterocycles. The summed E-state index contributed by atoms with van der Waals surface area (Å²) >= 11 is 1.68. The van der Waals surface area contributed by atoms with E-state index in [2.05, 4.69) is 30.1 Å². The average molecular weight is 194 g/mol. The van der Waals surface area contributed by atoms with Crippen molar-refractivity contribution in [3.8, 4) is 12.3 Å². The van der Waals surface area contributed by atoms with E-state index in [0.717, 1.165) is 17.2 Å². The maximum atomic E-state index is 5.21. The Kier molecular flexibility index (Phi) is 3.32. The number of aryl methyl sites for hydroxylation is 2. The van der Waals surface area contributed by atoms with Crippen LogP contribution in [0, 0.1) is 26.2 Å². The largest absolute Gasteiger partial charge is 0.358 e. The van der Waals surface area contributed by atoms with Crippen LogP contribution in [-0.2, 0) is 0 Å². The molecule has 0 fully saturated rings. The van der Waals surface area contributed by atoms with Crippen LogP contribution in [0.4, 0.5) is 5.13 Å². The number of anilines is 1. The second-order valence-corrected chi connectivity index (χ2v) is 4.32. The Balaban J connectivity index is 2.60. The number of hydrogen-bond acceptors (Lipinski definition) is 3. The summed E-state index contributed by atoms with van der Waals surface area (Å²) in [6.07, 6.45) is 5.94. The van der Waals surface area contributed by atoms with Crippen LogP contribution in [-0.4, -0.2) is 11.0 Å². The Morgan fingerprint density at radius 1 is 1.62 bits per heavy atom. The van der Waals surface area contributed by atoms with Crippen molar-refractivity contribution in [1.29, 1.82) is 0 Å². The van der Waals surface area contributed by atoms with Gasteiger partial charge >= 0.3 is 0 Å². The van der Waals surface area contributed by atoms with Gasteiger partial charge in [0, 0.05) is 17.3 Å². The van der Waals surface area contributed by atoms with Crippen molar-refractivity contribution in [2.24, 2.45) is 0 Å². The molecule has 0 saturated heterocycles. The van der Waals surface area contributed by atoms with E-state index in [1.54, 1.807) is 11.3 Å². The minimum atomic E-state index is 0.301. The fraction of sp³-hybridized carbons (Fsp3) is 0.500. The van der Waals surface area contributed by atoms with Gasteiger partial charge in [0.2, 0.25) is 0 Å². The molecule has 1 aromatic rings. The van der Waals surface area contributed by atoms with Gasteiger partial charge in [-0.3, -0.25) is 0 Å². The molecule has 70 valence electrons. The van der Waals surface area contributed by atoms with E-state index in [0.29, 0.717) is 6.04 Å². The highest BCUT2D eigenvalue weighted by atomic mass is 32.1. The predicted octanol–water partition coefficient (Wildman–Crippen LogP) is 2.58. The lowest BCUT2D eigenvalue weighted by molar-refractivity contribution is 0.826. The van der Waals surface area contributed by atoms with Crippen molar-refractivity contribution < 1.29 is 0 Å². The van der Waals surface area contributed by atoms with Gasteiger partial charge in [0.1, 0.15) is 0 Å². The number of hydrogen-bond donors (Lipinski definition) is 1. The Morgan fingerprint density at radius 2 is 2.31 bits per heavy atom. The van der Waals surface area contributed by atoms with Crippen LogP contribution >= 0.6 is 11.3 Å². The van der Waals surface area contributed by atoms with Crippen LogP contribution in [0.3, 0.4) is 0 Å². The van der Waals surface area contributed by atoms with Crippen LogP contribution in [0.15, 0.2) is 0 Å². The molecular formula is C10H14N2S. The van der Waals surface area contributed by atoms with Crippen molar-refractivity contribution in [2.45, 2.75) is 33.2 Å². The number of terminal acetylenes is 1. The van der Waals surface area contributed by atoms with E-state index >= 15 is 0 Å². The van der Waals surface area contributed by atoms with Crippen LogP contribution in [0.25, 0.3) is 0 Å². The van der Waals surface area contributed by atoms with Crippen LogP contribution in [0.1, 0.15) is 23.9 Å². The fourth-order valence-corrected chi connectivity index (χ4v) is 1.90. The lowest BCUT2D eigenvalue weighted by Crippen LogP contribution is -2.13. The summed E-state index contributed by atoms with van der Waals surface area (Å²) in [5.41, 5.74) is 1.10. The first kappa shape index (κ1) is 10.1. The standard InChI is InChI=1S/C10H14N2S/c1-5-6-7(2)11-10-12-8(3)9(4)13-10/h1,7H,6H2,2-4H3,(H,11,12). The third kappa shape index (κ3) is 2.74. The SMILES string of the molecule is C#CCC(C)Nc1nc(C)c(C)s1. The first-order valence-electron chi connectivity index (χ1n) is 4.27. The first-order valence-corrected chi connectivity index (χ1v) is 5.09. The van der Waals surface area contributed by atoms with Crippen molar-refractivity contribution in [3.63, 3.8) is 0 Å². The molecule has 0 aliphatic carbocycles. The minimum Gasteiger partial charge on any atom is -0.358 e. The van der Waals surface area contributed by atoms with Crippen LogP contribution in [0.5, 0.6) is 0 Å². The van der Waals surface area contributed by atoms with E-state index < -0.39 is 0 Å². The topological polar surface area (TPSA) is 24.9 Å². The average Bonchev–Trinajstić information content (AvgIpc) is 2.31. The third-order valence-electron chi connectivity index (χ3n) is 1.82. The molecule has 3 heteroatoms. The molecule has 0 aromatic carbocycles. The molecule has 1 unspecified atom stereocenters. The second kappa shape index (κ2) is 4.29. The van der Waals surface area contributed by atoms with Gasteiger partial charge in [0.05, 0.1) is 5.69 Å². The lowest BCUT2D eigenvalue weighted by atomic mass is 10.2. The highest BCUT2D eigenvalue weighted by molar-refractivity contribution is 7.15. The van der Waals surface area contributed by atoms with Crippen LogP contribution < -0.4 is 5.32 Å². The van der Waals surface area contributed by atoms with Gasteiger partial charge in [0.25, 0.3) is 0 Å². The van der Waals surface area contributed by atoms with Crippen molar-refractivity contribution in [1.82, 2.24) is 4.98 Å². The Hall–Kier alpha value is -1.01. The molecule has 1 atom stereocenters. The molecule has 2 nitrogen and oxygen atoms in total. The maximum Gasteiger partial charge on any atom is 0.183 e. The monoisotopic (exact) mass is 194 g/mol. The lowest BCUT2D eigenvalue weighted by Gasteiger charge is -2.07. The molecule has 1 heterocycles. The molecule has 0 spiro atoms. The number of nitrogens with one attached hydrogen (secondary N) is 1. The molecule has 0 bridgehead atoms. The molecule has 1 N–H and O–H groups in total. The smallest absolute Gasteiger partial charge is 0.183 e. The molecule has 1 rings (SSSR count). The normalized spacial score (nSPS) is 12.2. The van der Waals surface area contributed by atoms with E-state index in [4.69, 9.17) is 6.42 Å². The van der Waals surface area contributed by atoms with Crippen molar-refractivity contribution in [2.75, 3.05) is 5.32 Å². The van der Waals surface area contributed by atoms with Gasteiger partial charge in [-0.2, -0.15) is 0 Å². The first-order chi connectivity index (χ1) is 6.13. The molecule has 13 heavy (non-hydrogen) atoms. The van der Waals surface area contributed by atoms with Gasteiger partial charge in [-0.25, -0.2) is 4.98 Å². The molecular weight excluding hydrogens is 180 g/mol. The van der Waals surface area contributed by atoms with Gasteiger partial charge in [-0.05, 0) is 20.8 Å². The second-order valence-electron chi connectivity index (χ2n) is 3.11. The summed E-state index contributed by atoms with van der Waals surface area (Å²) in [6.45, 7) is 6.15.